The van der Waals surface area contributed by atoms with E-state index in [2.05, 4.69) is 30.1 Å². The molecule has 0 spiro atoms. The van der Waals surface area contributed by atoms with Crippen LogP contribution in [-0.4, -0.2) is 48.8 Å². The third kappa shape index (κ3) is 3.73. The van der Waals surface area contributed by atoms with E-state index in [1.807, 2.05) is 31.3 Å². The van der Waals surface area contributed by atoms with Gasteiger partial charge in [-0.05, 0) is 50.6 Å². The van der Waals surface area contributed by atoms with Gasteiger partial charge in [-0.15, -0.1) is 0 Å². The van der Waals surface area contributed by atoms with E-state index in [1.54, 1.807) is 24.7 Å². The quantitative estimate of drug-likeness (QED) is 0.716. The number of pyridine rings is 1. The van der Waals surface area contributed by atoms with Crippen molar-refractivity contribution in [3.63, 3.8) is 0 Å². The van der Waals surface area contributed by atoms with Crippen molar-refractivity contribution in [3.8, 4) is 22.8 Å². The molecule has 4 rings (SSSR count). The van der Waals surface area contributed by atoms with Crippen molar-refractivity contribution in [2.45, 2.75) is 32.9 Å². The van der Waals surface area contributed by atoms with Gasteiger partial charge in [0.2, 0.25) is 0 Å². The highest BCUT2D eigenvalue weighted by Gasteiger charge is 2.22. The molecule has 0 saturated carbocycles. The average molecular weight is 409 g/mol. The summed E-state index contributed by atoms with van der Waals surface area (Å²) in [7, 11) is 3.19. The molecule has 0 radical (unpaired) electrons. The minimum absolute atomic E-state index is 0.106. The predicted molar refractivity (Wildman–Crippen MR) is 119 cm³/mol. The Morgan fingerprint density at radius 3 is 2.40 bits per heavy atom. The number of nitrogens with one attached hydrogen (secondary N) is 1. The number of aromatic nitrogens is 2. The summed E-state index contributed by atoms with van der Waals surface area (Å²) in [4.78, 5) is 20.1. The van der Waals surface area contributed by atoms with Crippen LogP contribution in [0.2, 0.25) is 0 Å². The SMILES string of the molecule is COc1ccc(-c2cc(=O)n3cc(N4C[C@@H](C)N[C@@H](C)C4)cc(C)c3n2)cc1OC. The summed E-state index contributed by atoms with van der Waals surface area (Å²) in [5, 5.41) is 3.54. The maximum atomic E-state index is 13.0. The summed E-state index contributed by atoms with van der Waals surface area (Å²) in [6.45, 7) is 8.17. The number of piperazine rings is 1. The highest BCUT2D eigenvalue weighted by atomic mass is 16.5. The van der Waals surface area contributed by atoms with Crippen LogP contribution >= 0.6 is 0 Å². The molecule has 1 aromatic carbocycles. The normalized spacial score (nSPS) is 19.2. The van der Waals surface area contributed by atoms with Crippen LogP contribution in [0.25, 0.3) is 16.9 Å². The molecular formula is C23H28N4O3. The number of hydrogen-bond donors (Lipinski definition) is 1. The van der Waals surface area contributed by atoms with Crippen molar-refractivity contribution in [1.29, 1.82) is 0 Å². The first kappa shape index (κ1) is 20.2. The molecule has 0 aliphatic carbocycles. The second kappa shape index (κ2) is 7.99. The number of fused-ring (bicyclic) bond motifs is 1. The fraction of sp³-hybridized carbons (Fsp3) is 0.391. The first-order valence-electron chi connectivity index (χ1n) is 10.2. The van der Waals surface area contributed by atoms with E-state index in [0.717, 1.165) is 29.9 Å². The van der Waals surface area contributed by atoms with Gasteiger partial charge >= 0.3 is 0 Å². The maximum absolute atomic E-state index is 13.0. The van der Waals surface area contributed by atoms with Gasteiger partial charge in [0.25, 0.3) is 5.56 Å². The Kier molecular flexibility index (Phi) is 5.39. The zero-order valence-electron chi connectivity index (χ0n) is 18.1. The van der Waals surface area contributed by atoms with Gasteiger partial charge in [0, 0.05) is 43.0 Å². The van der Waals surface area contributed by atoms with Crippen LogP contribution in [0.15, 0.2) is 41.3 Å². The Morgan fingerprint density at radius 1 is 1.03 bits per heavy atom. The smallest absolute Gasteiger partial charge is 0.258 e. The van der Waals surface area contributed by atoms with Crippen molar-refractivity contribution >= 4 is 11.3 Å². The topological polar surface area (TPSA) is 68.1 Å². The van der Waals surface area contributed by atoms with Crippen LogP contribution in [0.5, 0.6) is 11.5 Å². The molecule has 1 N–H and O–H groups in total. The number of anilines is 1. The number of methoxy groups -OCH3 is 2. The summed E-state index contributed by atoms with van der Waals surface area (Å²) in [6.07, 6.45) is 1.90. The standard InChI is InChI=1S/C23H28N4O3/c1-14-8-18(26-11-15(2)24-16(3)12-26)13-27-22(28)10-19(25-23(14)27)17-6-7-20(29-4)21(9-17)30-5/h6-10,13,15-16,24H,11-12H2,1-5H3/t15-,16+. The molecule has 3 heterocycles. The fourth-order valence-electron chi connectivity index (χ4n) is 4.20. The highest BCUT2D eigenvalue weighted by Crippen LogP contribution is 2.31. The van der Waals surface area contributed by atoms with Crippen molar-refractivity contribution in [2.24, 2.45) is 0 Å². The monoisotopic (exact) mass is 408 g/mol. The van der Waals surface area contributed by atoms with Gasteiger partial charge in [-0.1, -0.05) is 0 Å². The second-order valence-corrected chi connectivity index (χ2v) is 8.00. The lowest BCUT2D eigenvalue weighted by Crippen LogP contribution is -2.54. The van der Waals surface area contributed by atoms with Gasteiger partial charge in [-0.25, -0.2) is 4.98 Å². The molecule has 30 heavy (non-hydrogen) atoms. The van der Waals surface area contributed by atoms with E-state index in [-0.39, 0.29) is 5.56 Å². The molecule has 1 aliphatic rings. The molecule has 7 nitrogen and oxygen atoms in total. The molecule has 3 aromatic rings. The second-order valence-electron chi connectivity index (χ2n) is 8.00. The molecule has 1 fully saturated rings. The molecule has 158 valence electrons. The summed E-state index contributed by atoms with van der Waals surface area (Å²) in [5.41, 5.74) is 3.98. The van der Waals surface area contributed by atoms with E-state index >= 15 is 0 Å². The number of nitrogens with zero attached hydrogens (tertiary/aromatic N) is 3. The van der Waals surface area contributed by atoms with Gasteiger partial charge in [0.1, 0.15) is 5.65 Å². The third-order valence-corrected chi connectivity index (χ3v) is 5.53. The molecule has 1 saturated heterocycles. The van der Waals surface area contributed by atoms with Crippen molar-refractivity contribution < 1.29 is 9.47 Å². The molecule has 2 aromatic heterocycles. The summed E-state index contributed by atoms with van der Waals surface area (Å²) >= 11 is 0. The summed E-state index contributed by atoms with van der Waals surface area (Å²) in [6, 6.07) is 10.0. The molecule has 0 bridgehead atoms. The Bertz CT molecular complexity index is 1130. The van der Waals surface area contributed by atoms with E-state index < -0.39 is 0 Å². The molecule has 0 unspecified atom stereocenters. The van der Waals surface area contributed by atoms with E-state index in [0.29, 0.717) is 34.9 Å². The van der Waals surface area contributed by atoms with Crippen LogP contribution in [0.1, 0.15) is 19.4 Å². The first-order chi connectivity index (χ1) is 14.4. The van der Waals surface area contributed by atoms with Crippen molar-refractivity contribution in [1.82, 2.24) is 14.7 Å². The fourth-order valence-corrected chi connectivity index (χ4v) is 4.20. The number of benzene rings is 1. The van der Waals surface area contributed by atoms with Crippen LogP contribution in [0.4, 0.5) is 5.69 Å². The lowest BCUT2D eigenvalue weighted by atomic mass is 10.1. The molecular weight excluding hydrogens is 380 g/mol. The van der Waals surface area contributed by atoms with Crippen LogP contribution < -0.4 is 25.2 Å². The number of rotatable bonds is 4. The van der Waals surface area contributed by atoms with E-state index in [4.69, 9.17) is 14.5 Å². The zero-order valence-corrected chi connectivity index (χ0v) is 18.1. The van der Waals surface area contributed by atoms with Gasteiger partial charge in [-0.3, -0.25) is 9.20 Å². The summed E-state index contributed by atoms with van der Waals surface area (Å²) < 4.78 is 12.3. The van der Waals surface area contributed by atoms with Crippen LogP contribution in [0, 0.1) is 6.92 Å². The molecule has 7 heteroatoms. The Labute approximate surface area is 176 Å². The zero-order chi connectivity index (χ0) is 21.4. The van der Waals surface area contributed by atoms with E-state index in [9.17, 15) is 4.79 Å². The van der Waals surface area contributed by atoms with Crippen molar-refractivity contribution in [3.05, 3.63) is 52.4 Å². The van der Waals surface area contributed by atoms with Gasteiger partial charge < -0.3 is 19.7 Å². The number of aryl methyl sites for hydroxylation is 1. The van der Waals surface area contributed by atoms with E-state index in [1.165, 1.54) is 0 Å². The number of hydrogen-bond acceptors (Lipinski definition) is 6. The minimum atomic E-state index is -0.106. The lowest BCUT2D eigenvalue weighted by molar-refractivity contribution is 0.355. The van der Waals surface area contributed by atoms with Crippen molar-refractivity contribution in [2.75, 3.05) is 32.2 Å². The number of ether oxygens (including phenoxy) is 2. The largest absolute Gasteiger partial charge is 0.493 e. The van der Waals surface area contributed by atoms with Gasteiger partial charge in [0.05, 0.1) is 25.6 Å². The minimum Gasteiger partial charge on any atom is -0.493 e. The Hall–Kier alpha value is -3.06. The van der Waals surface area contributed by atoms with Gasteiger partial charge in [0.15, 0.2) is 11.5 Å². The summed E-state index contributed by atoms with van der Waals surface area (Å²) in [5.74, 6) is 1.24. The van der Waals surface area contributed by atoms with Crippen LogP contribution in [0.3, 0.4) is 0 Å². The van der Waals surface area contributed by atoms with Crippen LogP contribution in [-0.2, 0) is 0 Å². The average Bonchev–Trinajstić information content (AvgIpc) is 2.72. The molecule has 1 aliphatic heterocycles. The first-order valence-corrected chi connectivity index (χ1v) is 10.2. The molecule has 2 atom stereocenters. The maximum Gasteiger partial charge on any atom is 0.258 e. The lowest BCUT2D eigenvalue weighted by Gasteiger charge is -2.37. The molecule has 0 amide bonds. The Morgan fingerprint density at radius 2 is 1.73 bits per heavy atom. The third-order valence-electron chi connectivity index (χ3n) is 5.53. The van der Waals surface area contributed by atoms with Gasteiger partial charge in [-0.2, -0.15) is 0 Å². The predicted octanol–water partition coefficient (Wildman–Crippen LogP) is 2.87. The Balaban J connectivity index is 1.78. The highest BCUT2D eigenvalue weighted by molar-refractivity contribution is 5.67.